The summed E-state index contributed by atoms with van der Waals surface area (Å²) in [5, 5.41) is 8.99. The SMILES string of the molecule is C[C@H](CCCC1CCCCC1)C[C@@](C)(N)C(=O)O. The van der Waals surface area contributed by atoms with Gasteiger partial charge in [0.2, 0.25) is 0 Å². The highest BCUT2D eigenvalue weighted by molar-refractivity contribution is 5.77. The molecule has 1 fully saturated rings. The van der Waals surface area contributed by atoms with Crippen LogP contribution in [0.5, 0.6) is 0 Å². The summed E-state index contributed by atoms with van der Waals surface area (Å²) in [4.78, 5) is 11.0. The molecular formula is C15H29NO2. The summed E-state index contributed by atoms with van der Waals surface area (Å²) in [6.45, 7) is 3.74. The molecule has 18 heavy (non-hydrogen) atoms. The van der Waals surface area contributed by atoms with Gasteiger partial charge in [0.25, 0.3) is 0 Å². The fraction of sp³-hybridized carbons (Fsp3) is 0.933. The number of nitrogens with two attached hydrogens (primary N) is 1. The molecule has 0 aromatic carbocycles. The van der Waals surface area contributed by atoms with E-state index in [2.05, 4.69) is 6.92 Å². The number of rotatable bonds is 7. The van der Waals surface area contributed by atoms with E-state index in [1.54, 1.807) is 6.92 Å². The van der Waals surface area contributed by atoms with Crippen LogP contribution in [0.4, 0.5) is 0 Å². The highest BCUT2D eigenvalue weighted by atomic mass is 16.4. The van der Waals surface area contributed by atoms with Crippen molar-refractivity contribution < 1.29 is 9.90 Å². The molecule has 0 aromatic rings. The first kappa shape index (κ1) is 15.5. The number of hydrogen-bond donors (Lipinski definition) is 2. The van der Waals surface area contributed by atoms with Gasteiger partial charge in [-0.2, -0.15) is 0 Å². The zero-order chi connectivity index (χ0) is 13.6. The topological polar surface area (TPSA) is 63.3 Å². The first-order chi connectivity index (χ1) is 8.42. The van der Waals surface area contributed by atoms with Crippen LogP contribution in [0.3, 0.4) is 0 Å². The van der Waals surface area contributed by atoms with E-state index in [0.717, 1.165) is 12.3 Å². The Balaban J connectivity index is 2.16. The van der Waals surface area contributed by atoms with Crippen LogP contribution >= 0.6 is 0 Å². The van der Waals surface area contributed by atoms with Crippen LogP contribution in [-0.4, -0.2) is 16.6 Å². The van der Waals surface area contributed by atoms with Crippen LogP contribution in [0.1, 0.15) is 71.6 Å². The van der Waals surface area contributed by atoms with E-state index in [9.17, 15) is 4.79 Å². The lowest BCUT2D eigenvalue weighted by atomic mass is 9.83. The second-order valence-electron chi connectivity index (χ2n) is 6.47. The van der Waals surface area contributed by atoms with Crippen molar-refractivity contribution in [3.05, 3.63) is 0 Å². The smallest absolute Gasteiger partial charge is 0.323 e. The zero-order valence-electron chi connectivity index (χ0n) is 12.0. The Morgan fingerprint density at radius 1 is 1.39 bits per heavy atom. The van der Waals surface area contributed by atoms with Gasteiger partial charge in [0.15, 0.2) is 0 Å². The summed E-state index contributed by atoms with van der Waals surface area (Å²) < 4.78 is 0. The minimum atomic E-state index is -1.07. The molecule has 1 saturated carbocycles. The highest BCUT2D eigenvalue weighted by Crippen LogP contribution is 2.29. The molecule has 1 rings (SSSR count). The number of aliphatic carboxylic acids is 1. The molecule has 106 valence electrons. The molecule has 0 heterocycles. The van der Waals surface area contributed by atoms with E-state index in [1.165, 1.54) is 44.9 Å². The monoisotopic (exact) mass is 255 g/mol. The van der Waals surface area contributed by atoms with Crippen molar-refractivity contribution in [3.63, 3.8) is 0 Å². The molecule has 0 amide bonds. The van der Waals surface area contributed by atoms with Gasteiger partial charge in [-0.3, -0.25) is 4.79 Å². The molecule has 0 unspecified atom stereocenters. The third-order valence-electron chi connectivity index (χ3n) is 4.30. The Morgan fingerprint density at radius 2 is 2.00 bits per heavy atom. The lowest BCUT2D eigenvalue weighted by molar-refractivity contribution is -0.143. The van der Waals surface area contributed by atoms with Crippen molar-refractivity contribution >= 4 is 5.97 Å². The summed E-state index contributed by atoms with van der Waals surface area (Å²) in [5.74, 6) is 0.441. The minimum absolute atomic E-state index is 0.402. The van der Waals surface area contributed by atoms with Gasteiger partial charge in [-0.1, -0.05) is 58.3 Å². The fourth-order valence-corrected chi connectivity index (χ4v) is 3.14. The quantitative estimate of drug-likeness (QED) is 0.731. The van der Waals surface area contributed by atoms with Gasteiger partial charge in [-0.05, 0) is 25.2 Å². The fourth-order valence-electron chi connectivity index (χ4n) is 3.14. The summed E-state index contributed by atoms with van der Waals surface area (Å²) in [5.41, 5.74) is 4.71. The Hall–Kier alpha value is -0.570. The molecule has 3 nitrogen and oxygen atoms in total. The van der Waals surface area contributed by atoms with Gasteiger partial charge in [0.1, 0.15) is 5.54 Å². The van der Waals surface area contributed by atoms with Crippen LogP contribution in [0, 0.1) is 11.8 Å². The lowest BCUT2D eigenvalue weighted by Gasteiger charge is -2.25. The molecule has 0 aromatic heterocycles. The highest BCUT2D eigenvalue weighted by Gasteiger charge is 2.29. The van der Waals surface area contributed by atoms with Crippen molar-refractivity contribution in [1.29, 1.82) is 0 Å². The van der Waals surface area contributed by atoms with Crippen LogP contribution in [0.2, 0.25) is 0 Å². The molecule has 0 bridgehead atoms. The van der Waals surface area contributed by atoms with Crippen LogP contribution < -0.4 is 5.73 Å². The molecule has 2 atom stereocenters. The predicted octanol–water partition coefficient (Wildman–Crippen LogP) is 3.57. The Kier molecular flexibility index (Phi) is 6.13. The number of carbonyl (C=O) groups is 1. The van der Waals surface area contributed by atoms with Gasteiger partial charge in [-0.15, -0.1) is 0 Å². The summed E-state index contributed by atoms with van der Waals surface area (Å²) >= 11 is 0. The van der Waals surface area contributed by atoms with E-state index in [0.29, 0.717) is 12.3 Å². The van der Waals surface area contributed by atoms with Crippen molar-refractivity contribution in [2.75, 3.05) is 0 Å². The maximum Gasteiger partial charge on any atom is 0.323 e. The molecule has 3 heteroatoms. The van der Waals surface area contributed by atoms with Crippen molar-refractivity contribution in [3.8, 4) is 0 Å². The summed E-state index contributed by atoms with van der Waals surface area (Å²) in [6, 6.07) is 0. The number of carboxylic acid groups (broad SMARTS) is 1. The first-order valence-corrected chi connectivity index (χ1v) is 7.44. The Bertz CT molecular complexity index is 257. The molecule has 1 aliphatic rings. The molecule has 0 saturated heterocycles. The summed E-state index contributed by atoms with van der Waals surface area (Å²) in [7, 11) is 0. The molecular weight excluding hydrogens is 226 g/mol. The number of hydrogen-bond acceptors (Lipinski definition) is 2. The largest absolute Gasteiger partial charge is 0.480 e. The maximum absolute atomic E-state index is 11.0. The second kappa shape index (κ2) is 7.13. The normalized spacial score (nSPS) is 22.4. The van der Waals surface area contributed by atoms with Crippen LogP contribution in [0.25, 0.3) is 0 Å². The summed E-state index contributed by atoms with van der Waals surface area (Å²) in [6.07, 6.45) is 11.2. The average Bonchev–Trinajstić information content (AvgIpc) is 2.29. The van der Waals surface area contributed by atoms with Crippen LogP contribution in [0.15, 0.2) is 0 Å². The first-order valence-electron chi connectivity index (χ1n) is 7.44. The third kappa shape index (κ3) is 5.38. The predicted molar refractivity (Wildman–Crippen MR) is 74.4 cm³/mol. The van der Waals surface area contributed by atoms with E-state index in [-0.39, 0.29) is 0 Å². The van der Waals surface area contributed by atoms with Crippen molar-refractivity contribution in [2.45, 2.75) is 77.2 Å². The van der Waals surface area contributed by atoms with E-state index in [1.807, 2.05) is 0 Å². The van der Waals surface area contributed by atoms with Gasteiger partial charge in [0, 0.05) is 0 Å². The van der Waals surface area contributed by atoms with Crippen molar-refractivity contribution in [2.24, 2.45) is 17.6 Å². The van der Waals surface area contributed by atoms with E-state index < -0.39 is 11.5 Å². The Morgan fingerprint density at radius 3 is 2.56 bits per heavy atom. The maximum atomic E-state index is 11.0. The van der Waals surface area contributed by atoms with E-state index in [4.69, 9.17) is 10.8 Å². The molecule has 0 aliphatic heterocycles. The van der Waals surface area contributed by atoms with Gasteiger partial charge >= 0.3 is 5.97 Å². The lowest BCUT2D eigenvalue weighted by Crippen LogP contribution is -2.46. The molecule has 0 spiro atoms. The van der Waals surface area contributed by atoms with Gasteiger partial charge in [0.05, 0.1) is 0 Å². The van der Waals surface area contributed by atoms with Gasteiger partial charge < -0.3 is 10.8 Å². The van der Waals surface area contributed by atoms with E-state index >= 15 is 0 Å². The average molecular weight is 255 g/mol. The Labute approximate surface area is 111 Å². The molecule has 0 radical (unpaired) electrons. The number of carboxylic acids is 1. The van der Waals surface area contributed by atoms with Crippen molar-refractivity contribution in [1.82, 2.24) is 0 Å². The molecule has 1 aliphatic carbocycles. The standard InChI is InChI=1S/C15H29NO2/c1-12(11-15(2,16)14(17)18)7-6-10-13-8-4-3-5-9-13/h12-13H,3-11,16H2,1-2H3,(H,17,18)/t12-,15-/m1/s1. The minimum Gasteiger partial charge on any atom is -0.480 e. The second-order valence-corrected chi connectivity index (χ2v) is 6.47. The van der Waals surface area contributed by atoms with Crippen LogP contribution in [-0.2, 0) is 4.79 Å². The van der Waals surface area contributed by atoms with Gasteiger partial charge in [-0.25, -0.2) is 0 Å². The molecule has 3 N–H and O–H groups in total. The zero-order valence-corrected chi connectivity index (χ0v) is 12.0. The third-order valence-corrected chi connectivity index (χ3v) is 4.30.